The van der Waals surface area contributed by atoms with Crippen LogP contribution in [-0.4, -0.2) is 24.7 Å². The Bertz CT molecular complexity index is 481. The number of sulfonamides is 1. The third kappa shape index (κ3) is 3.79. The van der Waals surface area contributed by atoms with E-state index < -0.39 is 21.2 Å². The third-order valence-corrected chi connectivity index (χ3v) is 5.32. The second-order valence-corrected chi connectivity index (χ2v) is 7.01. The number of thiophene rings is 1. The Morgan fingerprint density at radius 3 is 2.67 bits per heavy atom. The Kier molecular flexibility index (Phi) is 5.30. The molecule has 102 valence electrons. The summed E-state index contributed by atoms with van der Waals surface area (Å²) < 4.78 is 26.2. The van der Waals surface area contributed by atoms with E-state index in [-0.39, 0.29) is 6.04 Å². The number of carboxylic acid groups (broad SMARTS) is 1. The number of nitrogens with one attached hydrogen (secondary N) is 1. The molecule has 1 heterocycles. The molecule has 1 rings (SSSR count). The van der Waals surface area contributed by atoms with Crippen molar-refractivity contribution < 1.29 is 18.3 Å². The Labute approximate surface area is 111 Å². The van der Waals surface area contributed by atoms with Crippen LogP contribution in [0.3, 0.4) is 0 Å². The summed E-state index contributed by atoms with van der Waals surface area (Å²) in [6.45, 7) is 3.12. The van der Waals surface area contributed by atoms with Crippen molar-refractivity contribution in [2.75, 3.05) is 0 Å². The van der Waals surface area contributed by atoms with E-state index in [2.05, 4.69) is 4.72 Å². The predicted molar refractivity (Wildman–Crippen MR) is 71.1 cm³/mol. The lowest BCUT2D eigenvalue weighted by molar-refractivity contribution is -0.136. The van der Waals surface area contributed by atoms with Gasteiger partial charge < -0.3 is 5.11 Å². The van der Waals surface area contributed by atoms with E-state index in [0.717, 1.165) is 11.3 Å². The summed E-state index contributed by atoms with van der Waals surface area (Å²) in [4.78, 5) is 11.7. The molecule has 0 aliphatic carbocycles. The van der Waals surface area contributed by atoms with Crippen molar-refractivity contribution in [3.05, 3.63) is 22.4 Å². The van der Waals surface area contributed by atoms with E-state index in [1.807, 2.05) is 24.4 Å². The quantitative estimate of drug-likeness (QED) is 0.804. The van der Waals surface area contributed by atoms with Crippen LogP contribution < -0.4 is 4.72 Å². The minimum Gasteiger partial charge on any atom is -0.480 e. The van der Waals surface area contributed by atoms with Crippen molar-refractivity contribution in [1.29, 1.82) is 0 Å². The summed E-state index contributed by atoms with van der Waals surface area (Å²) >= 11 is 1.46. The Morgan fingerprint density at radius 2 is 2.22 bits per heavy atom. The van der Waals surface area contributed by atoms with Crippen LogP contribution >= 0.6 is 11.3 Å². The molecule has 0 bridgehead atoms. The van der Waals surface area contributed by atoms with Gasteiger partial charge in [-0.3, -0.25) is 4.79 Å². The van der Waals surface area contributed by atoms with Gasteiger partial charge in [0.2, 0.25) is 10.0 Å². The first kappa shape index (κ1) is 15.1. The average molecular weight is 291 g/mol. The molecule has 0 aromatic carbocycles. The summed E-state index contributed by atoms with van der Waals surface area (Å²) in [6.07, 6.45) is 1.46. The molecule has 1 aromatic rings. The standard InChI is InChI=1S/C11H17NO4S2/c1-3-5-9(10-6-4-7-17-10)12-18(15,16)8(2)11(13)14/h4,6-9,12H,3,5H2,1-2H3,(H,13,14). The summed E-state index contributed by atoms with van der Waals surface area (Å²) in [5.41, 5.74) is 0. The number of hydrogen-bond donors (Lipinski definition) is 2. The molecule has 5 nitrogen and oxygen atoms in total. The van der Waals surface area contributed by atoms with E-state index >= 15 is 0 Å². The fourth-order valence-electron chi connectivity index (χ4n) is 1.47. The predicted octanol–water partition coefficient (Wildman–Crippen LogP) is 1.98. The highest BCUT2D eigenvalue weighted by Crippen LogP contribution is 2.24. The van der Waals surface area contributed by atoms with Gasteiger partial charge in [0.15, 0.2) is 5.25 Å². The van der Waals surface area contributed by atoms with Gasteiger partial charge in [0, 0.05) is 4.88 Å². The van der Waals surface area contributed by atoms with E-state index in [9.17, 15) is 13.2 Å². The van der Waals surface area contributed by atoms with Gasteiger partial charge in [0.05, 0.1) is 6.04 Å². The van der Waals surface area contributed by atoms with Crippen LogP contribution in [0.2, 0.25) is 0 Å². The van der Waals surface area contributed by atoms with Gasteiger partial charge >= 0.3 is 5.97 Å². The lowest BCUT2D eigenvalue weighted by atomic mass is 10.1. The second kappa shape index (κ2) is 6.31. The van der Waals surface area contributed by atoms with Crippen LogP contribution in [0.4, 0.5) is 0 Å². The zero-order valence-corrected chi connectivity index (χ0v) is 11.9. The van der Waals surface area contributed by atoms with Gasteiger partial charge in [-0.25, -0.2) is 13.1 Å². The van der Waals surface area contributed by atoms with Crippen LogP contribution in [0.1, 0.15) is 37.6 Å². The minimum absolute atomic E-state index is 0.346. The molecule has 0 saturated carbocycles. The number of rotatable bonds is 7. The molecular weight excluding hydrogens is 274 g/mol. The fourth-order valence-corrected chi connectivity index (χ4v) is 3.47. The summed E-state index contributed by atoms with van der Waals surface area (Å²) in [6, 6.07) is 3.35. The van der Waals surface area contributed by atoms with Crippen molar-refractivity contribution >= 4 is 27.3 Å². The molecule has 2 N–H and O–H groups in total. The lowest BCUT2D eigenvalue weighted by Gasteiger charge is -2.18. The van der Waals surface area contributed by atoms with Crippen molar-refractivity contribution in [2.45, 2.75) is 38.0 Å². The summed E-state index contributed by atoms with van der Waals surface area (Å²) in [7, 11) is -3.85. The molecule has 0 fully saturated rings. The van der Waals surface area contributed by atoms with Crippen LogP contribution in [0.15, 0.2) is 17.5 Å². The normalized spacial score (nSPS) is 15.2. The van der Waals surface area contributed by atoms with E-state index in [1.54, 1.807) is 0 Å². The summed E-state index contributed by atoms with van der Waals surface area (Å²) in [5.74, 6) is -1.34. The maximum atomic E-state index is 11.9. The zero-order chi connectivity index (χ0) is 13.8. The maximum absolute atomic E-state index is 11.9. The van der Waals surface area contributed by atoms with E-state index in [0.29, 0.717) is 6.42 Å². The first-order valence-electron chi connectivity index (χ1n) is 5.65. The van der Waals surface area contributed by atoms with E-state index in [4.69, 9.17) is 5.11 Å². The highest BCUT2D eigenvalue weighted by atomic mass is 32.2. The van der Waals surface area contributed by atoms with Crippen molar-refractivity contribution in [3.8, 4) is 0 Å². The van der Waals surface area contributed by atoms with Gasteiger partial charge in [-0.05, 0) is 24.8 Å². The van der Waals surface area contributed by atoms with Crippen LogP contribution in [0.5, 0.6) is 0 Å². The average Bonchev–Trinajstić information content (AvgIpc) is 2.80. The van der Waals surface area contributed by atoms with Gasteiger partial charge in [-0.15, -0.1) is 11.3 Å². The molecule has 2 atom stereocenters. The monoisotopic (exact) mass is 291 g/mol. The number of carboxylic acids is 1. The molecule has 0 aliphatic heterocycles. The third-order valence-electron chi connectivity index (χ3n) is 2.58. The fraction of sp³-hybridized carbons (Fsp3) is 0.545. The molecule has 0 radical (unpaired) electrons. The largest absolute Gasteiger partial charge is 0.480 e. The maximum Gasteiger partial charge on any atom is 0.323 e. The Balaban J connectivity index is 2.88. The molecule has 1 aromatic heterocycles. The second-order valence-electron chi connectivity index (χ2n) is 4.00. The molecule has 18 heavy (non-hydrogen) atoms. The summed E-state index contributed by atoms with van der Waals surface area (Å²) in [5, 5.41) is 9.19. The van der Waals surface area contributed by atoms with Crippen molar-refractivity contribution in [1.82, 2.24) is 4.72 Å². The number of hydrogen-bond acceptors (Lipinski definition) is 4. The van der Waals surface area contributed by atoms with Crippen LogP contribution in [0.25, 0.3) is 0 Å². The molecule has 0 aliphatic rings. The van der Waals surface area contributed by atoms with E-state index in [1.165, 1.54) is 18.3 Å². The first-order chi connectivity index (χ1) is 8.38. The topological polar surface area (TPSA) is 83.5 Å². The highest BCUT2D eigenvalue weighted by Gasteiger charge is 2.30. The Morgan fingerprint density at radius 1 is 1.56 bits per heavy atom. The van der Waals surface area contributed by atoms with Gasteiger partial charge in [-0.2, -0.15) is 0 Å². The highest BCUT2D eigenvalue weighted by molar-refractivity contribution is 7.90. The zero-order valence-electron chi connectivity index (χ0n) is 10.3. The van der Waals surface area contributed by atoms with Gasteiger partial charge in [0.25, 0.3) is 0 Å². The SMILES string of the molecule is CCCC(NS(=O)(=O)C(C)C(=O)O)c1cccs1. The molecule has 7 heteroatoms. The molecule has 0 spiro atoms. The van der Waals surface area contributed by atoms with Crippen molar-refractivity contribution in [3.63, 3.8) is 0 Å². The smallest absolute Gasteiger partial charge is 0.323 e. The molecule has 0 saturated heterocycles. The number of carbonyl (C=O) groups is 1. The molecule has 2 unspecified atom stereocenters. The van der Waals surface area contributed by atoms with Gasteiger partial charge in [-0.1, -0.05) is 19.4 Å². The number of aliphatic carboxylic acids is 1. The minimum atomic E-state index is -3.85. The van der Waals surface area contributed by atoms with Gasteiger partial charge in [0.1, 0.15) is 0 Å². The molecule has 0 amide bonds. The van der Waals surface area contributed by atoms with Crippen LogP contribution in [0, 0.1) is 0 Å². The van der Waals surface area contributed by atoms with Crippen molar-refractivity contribution in [2.24, 2.45) is 0 Å². The lowest BCUT2D eigenvalue weighted by Crippen LogP contribution is -2.39. The molecular formula is C11H17NO4S2. The Hall–Kier alpha value is -0.920. The van der Waals surface area contributed by atoms with Crippen LogP contribution in [-0.2, 0) is 14.8 Å². The first-order valence-corrected chi connectivity index (χ1v) is 8.08.